The molecule has 0 saturated heterocycles. The van der Waals surface area contributed by atoms with Crippen LogP contribution in [-0.2, 0) is 0 Å². The van der Waals surface area contributed by atoms with Gasteiger partial charge in [0.25, 0.3) is 0 Å². The van der Waals surface area contributed by atoms with E-state index in [-0.39, 0.29) is 106 Å². The predicted octanol–water partition coefficient (Wildman–Crippen LogP) is -6.55. The smallest absolute Gasteiger partial charge is 0.542 e. The molecule has 0 bridgehead atoms. The summed E-state index contributed by atoms with van der Waals surface area (Å²) in [6, 6.07) is 9.99. The zero-order chi connectivity index (χ0) is 24.4. The minimum atomic E-state index is -1.64. The van der Waals surface area contributed by atoms with Gasteiger partial charge >= 0.3 is 59.1 Å². The van der Waals surface area contributed by atoms with Gasteiger partial charge < -0.3 is 43.2 Å². The van der Waals surface area contributed by atoms with Crippen LogP contribution in [0, 0.1) is 0 Å². The van der Waals surface area contributed by atoms with Crippen molar-refractivity contribution in [2.45, 2.75) is 6.10 Å². The number of rotatable bonds is 8. The van der Waals surface area contributed by atoms with Crippen molar-refractivity contribution in [2.75, 3.05) is 13.2 Å². The third kappa shape index (κ3) is 6.56. The summed E-state index contributed by atoms with van der Waals surface area (Å²) in [6.45, 7) is -0.534. The van der Waals surface area contributed by atoms with Gasteiger partial charge in [0.2, 0.25) is 0 Å². The van der Waals surface area contributed by atoms with Crippen LogP contribution >= 0.6 is 0 Å². The van der Waals surface area contributed by atoms with Gasteiger partial charge in [-0.3, -0.25) is 9.59 Å². The molecule has 1 N–H and O–H groups in total. The van der Waals surface area contributed by atoms with Crippen molar-refractivity contribution in [3.8, 4) is 11.5 Å². The minimum Gasteiger partial charge on any atom is -0.542 e. The molecule has 11 nitrogen and oxygen atoms in total. The van der Waals surface area contributed by atoms with E-state index >= 15 is 0 Å². The molecule has 2 heterocycles. The third-order valence-corrected chi connectivity index (χ3v) is 4.69. The summed E-state index contributed by atoms with van der Waals surface area (Å²) in [5.74, 6) is -4.20. The molecule has 0 aliphatic rings. The molecule has 2 aromatic heterocycles. The molecule has 1 atom stereocenters. The number of fused-ring (bicyclic) bond motifs is 2. The first-order valence-corrected chi connectivity index (χ1v) is 9.74. The second-order valence-corrected chi connectivity index (χ2v) is 7.09. The van der Waals surface area contributed by atoms with Crippen molar-refractivity contribution >= 4 is 33.9 Å². The number of benzene rings is 2. The van der Waals surface area contributed by atoms with Crippen LogP contribution in [0.2, 0.25) is 0 Å². The van der Waals surface area contributed by atoms with E-state index in [1.165, 1.54) is 36.4 Å². The second-order valence-electron chi connectivity index (χ2n) is 7.09. The zero-order valence-electron chi connectivity index (χ0n) is 19.1. The van der Waals surface area contributed by atoms with Crippen LogP contribution in [0.25, 0.3) is 21.9 Å². The molecule has 0 radical (unpaired) electrons. The Kier molecular flexibility index (Phi) is 10.3. The summed E-state index contributed by atoms with van der Waals surface area (Å²) in [6.07, 6.45) is -1.16. The van der Waals surface area contributed by atoms with Crippen molar-refractivity contribution in [3.63, 3.8) is 0 Å². The molecule has 174 valence electrons. The molecular formula is C23H14Na2O11. The topological polar surface area (TPSA) is 179 Å². The maximum Gasteiger partial charge on any atom is 1.00 e. The monoisotopic (exact) mass is 512 g/mol. The Morgan fingerprint density at radius 1 is 0.833 bits per heavy atom. The SMILES string of the molecule is O=C([O-])c1cc(=O)c2cc(OCC(O)COc3cccc4oc(C(=O)[O-])cc(=O)c34)ccc2o1.[Na+].[Na+]. The minimum absolute atomic E-state index is 0. The molecule has 0 fully saturated rings. The molecule has 36 heavy (non-hydrogen) atoms. The van der Waals surface area contributed by atoms with Gasteiger partial charge in [0.05, 0.1) is 5.39 Å². The molecule has 0 spiro atoms. The largest absolute Gasteiger partial charge is 1.00 e. The average molecular weight is 512 g/mol. The van der Waals surface area contributed by atoms with Crippen molar-refractivity contribution < 1.29 is 102 Å². The predicted molar refractivity (Wildman–Crippen MR) is 111 cm³/mol. The molecule has 1 unspecified atom stereocenters. The summed E-state index contributed by atoms with van der Waals surface area (Å²) in [5.41, 5.74) is -1.25. The maximum absolute atomic E-state index is 12.3. The number of hydrogen-bond donors (Lipinski definition) is 1. The molecule has 2 aromatic carbocycles. The number of aliphatic hydroxyl groups excluding tert-OH is 1. The number of carboxylic acids is 2. The molecule has 4 aromatic rings. The van der Waals surface area contributed by atoms with E-state index in [9.17, 15) is 34.5 Å². The number of hydrogen-bond acceptors (Lipinski definition) is 11. The van der Waals surface area contributed by atoms with E-state index in [0.717, 1.165) is 12.1 Å². The number of carbonyl (C=O) groups is 2. The number of aromatic carboxylic acids is 2. The van der Waals surface area contributed by atoms with Gasteiger partial charge in [0.15, 0.2) is 22.4 Å². The molecule has 13 heteroatoms. The van der Waals surface area contributed by atoms with Gasteiger partial charge in [-0.05, 0) is 30.3 Å². The third-order valence-electron chi connectivity index (χ3n) is 4.69. The average Bonchev–Trinajstić information content (AvgIpc) is 2.81. The van der Waals surface area contributed by atoms with Gasteiger partial charge in [0.1, 0.15) is 59.3 Å². The summed E-state index contributed by atoms with van der Waals surface area (Å²) in [4.78, 5) is 46.2. The van der Waals surface area contributed by atoms with Crippen molar-refractivity contribution in [1.29, 1.82) is 0 Å². The molecule has 0 amide bonds. The van der Waals surface area contributed by atoms with Crippen LogP contribution in [0.5, 0.6) is 11.5 Å². The van der Waals surface area contributed by atoms with Crippen molar-refractivity contribution in [2.24, 2.45) is 0 Å². The molecule has 0 aliphatic heterocycles. The van der Waals surface area contributed by atoms with Crippen LogP contribution < -0.4 is 89.7 Å². The van der Waals surface area contributed by atoms with Crippen LogP contribution in [-0.4, -0.2) is 36.4 Å². The van der Waals surface area contributed by atoms with Crippen LogP contribution in [0.4, 0.5) is 0 Å². The standard InChI is InChI=1S/C23H16O11.2Na/c24-11(9-31-12-4-5-16-13(6-12)14(25)7-19(33-16)22(27)28)10-32-17-2-1-3-18-21(17)15(26)8-20(34-18)23(29)30;;/h1-8,11,24H,9-10H2,(H,27,28)(H,29,30);;/q;2*+1/p-2. The first kappa shape index (κ1) is 29.6. The van der Waals surface area contributed by atoms with Crippen LogP contribution in [0.3, 0.4) is 0 Å². The van der Waals surface area contributed by atoms with Crippen LogP contribution in [0.15, 0.2) is 67.0 Å². The van der Waals surface area contributed by atoms with E-state index in [0.29, 0.717) is 0 Å². The fraction of sp³-hybridized carbons (Fsp3) is 0.130. The summed E-state index contributed by atoms with van der Waals surface area (Å²) in [5, 5.41) is 32.1. The first-order valence-electron chi connectivity index (χ1n) is 9.74. The fourth-order valence-electron chi connectivity index (χ4n) is 3.15. The zero-order valence-corrected chi connectivity index (χ0v) is 23.1. The Morgan fingerprint density at radius 3 is 2.11 bits per heavy atom. The molecule has 0 saturated carbocycles. The Bertz CT molecular complexity index is 1540. The summed E-state index contributed by atoms with van der Waals surface area (Å²) in [7, 11) is 0. The normalized spacial score (nSPS) is 11.2. The Morgan fingerprint density at radius 2 is 1.44 bits per heavy atom. The Labute approximate surface area is 245 Å². The molecule has 4 rings (SSSR count). The van der Waals surface area contributed by atoms with Gasteiger partial charge in [-0.2, -0.15) is 0 Å². The van der Waals surface area contributed by atoms with Crippen LogP contribution in [0.1, 0.15) is 21.1 Å². The molecule has 0 aliphatic carbocycles. The number of aliphatic hydroxyl groups is 1. The van der Waals surface area contributed by atoms with E-state index in [1.807, 2.05) is 0 Å². The molecular weight excluding hydrogens is 498 g/mol. The maximum atomic E-state index is 12.3. The number of carboxylic acid groups (broad SMARTS) is 2. The van der Waals surface area contributed by atoms with E-state index < -0.39 is 40.4 Å². The van der Waals surface area contributed by atoms with Gasteiger partial charge in [-0.1, -0.05) is 6.07 Å². The summed E-state index contributed by atoms with van der Waals surface area (Å²) >= 11 is 0. The van der Waals surface area contributed by atoms with E-state index in [1.54, 1.807) is 0 Å². The van der Waals surface area contributed by atoms with E-state index in [4.69, 9.17) is 18.3 Å². The number of ether oxygens (including phenoxy) is 2. The van der Waals surface area contributed by atoms with Crippen molar-refractivity contribution in [1.82, 2.24) is 0 Å². The number of carbonyl (C=O) groups excluding carboxylic acids is 2. The van der Waals surface area contributed by atoms with Gasteiger partial charge in [-0.25, -0.2) is 0 Å². The van der Waals surface area contributed by atoms with Gasteiger partial charge in [-0.15, -0.1) is 0 Å². The second kappa shape index (κ2) is 12.5. The van der Waals surface area contributed by atoms with Crippen molar-refractivity contribution in [3.05, 3.63) is 80.5 Å². The summed E-state index contributed by atoms with van der Waals surface area (Å²) < 4.78 is 21.2. The quantitative estimate of drug-likeness (QED) is 0.222. The Balaban J connectivity index is 0.00000228. The Hall–Kier alpha value is -2.64. The van der Waals surface area contributed by atoms with Gasteiger partial charge in [0, 0.05) is 12.1 Å². The van der Waals surface area contributed by atoms with E-state index in [2.05, 4.69) is 0 Å². The fourth-order valence-corrected chi connectivity index (χ4v) is 3.15. The first-order chi connectivity index (χ1) is 16.2.